The Balaban J connectivity index is 2.03. The number of nitrogens with zero attached hydrogens (tertiary/aromatic N) is 1. The summed E-state index contributed by atoms with van der Waals surface area (Å²) < 4.78 is 1.05. The van der Waals surface area contributed by atoms with Gasteiger partial charge in [0.05, 0.1) is 10.7 Å². The smallest absolute Gasteiger partial charge is 0.139 e. The van der Waals surface area contributed by atoms with Crippen molar-refractivity contribution in [3.8, 4) is 0 Å². The third-order valence-electron chi connectivity index (χ3n) is 2.34. The second-order valence-electron chi connectivity index (χ2n) is 3.65. The highest BCUT2D eigenvalue weighted by Crippen LogP contribution is 2.20. The fraction of sp³-hybridized carbons (Fsp3) is 0.273. The van der Waals surface area contributed by atoms with Crippen LogP contribution in [0.3, 0.4) is 0 Å². The van der Waals surface area contributed by atoms with E-state index < -0.39 is 0 Å². The third kappa shape index (κ3) is 2.80. The predicted molar refractivity (Wildman–Crippen MR) is 71.6 cm³/mol. The van der Waals surface area contributed by atoms with Crippen LogP contribution < -0.4 is 5.73 Å². The highest BCUT2D eigenvalue weighted by atomic mass is 79.9. The molecule has 5 heteroatoms. The van der Waals surface area contributed by atoms with Crippen molar-refractivity contribution in [1.29, 1.82) is 0 Å². The molecule has 3 nitrogen and oxygen atoms in total. The van der Waals surface area contributed by atoms with Crippen molar-refractivity contribution in [2.45, 2.75) is 18.9 Å². The van der Waals surface area contributed by atoms with Crippen molar-refractivity contribution in [3.05, 3.63) is 34.3 Å². The lowest BCUT2D eigenvalue weighted by molar-refractivity contribution is 0.0912. The molecule has 1 heterocycles. The maximum absolute atomic E-state index is 5.47. The van der Waals surface area contributed by atoms with Crippen LogP contribution in [0.15, 0.2) is 33.9 Å². The minimum Gasteiger partial charge on any atom is -0.393 e. The summed E-state index contributed by atoms with van der Waals surface area (Å²) in [7, 11) is 0. The van der Waals surface area contributed by atoms with Crippen LogP contribution in [0, 0.1) is 0 Å². The van der Waals surface area contributed by atoms with Crippen LogP contribution in [0.4, 0.5) is 0 Å². The van der Waals surface area contributed by atoms with Gasteiger partial charge in [-0.05, 0) is 17.7 Å². The van der Waals surface area contributed by atoms with Gasteiger partial charge >= 0.3 is 0 Å². The number of oxime groups is 1. The molecule has 1 atom stereocenters. The van der Waals surface area contributed by atoms with Gasteiger partial charge in [-0.2, -0.15) is 0 Å². The van der Waals surface area contributed by atoms with Crippen molar-refractivity contribution in [2.75, 3.05) is 0 Å². The van der Waals surface area contributed by atoms with Crippen molar-refractivity contribution in [2.24, 2.45) is 10.9 Å². The number of hydrogen-bond acceptors (Lipinski definition) is 3. The minimum atomic E-state index is -0.00357. The van der Waals surface area contributed by atoms with Crippen LogP contribution in [0.1, 0.15) is 18.4 Å². The first-order chi connectivity index (χ1) is 7.65. The number of thiocarbonyl (C=S) groups is 1. The lowest BCUT2D eigenvalue weighted by Gasteiger charge is -2.05. The summed E-state index contributed by atoms with van der Waals surface area (Å²) in [5, 5.41) is 4.06. The molecule has 1 aliphatic heterocycles. The van der Waals surface area contributed by atoms with Crippen molar-refractivity contribution < 1.29 is 4.84 Å². The second kappa shape index (κ2) is 4.93. The molecule has 0 spiro atoms. The van der Waals surface area contributed by atoms with E-state index in [2.05, 4.69) is 21.1 Å². The topological polar surface area (TPSA) is 47.6 Å². The van der Waals surface area contributed by atoms with Gasteiger partial charge in [0.25, 0.3) is 0 Å². The molecule has 0 radical (unpaired) electrons. The molecule has 0 bridgehead atoms. The number of rotatable bonds is 3. The van der Waals surface area contributed by atoms with Crippen LogP contribution in [0.25, 0.3) is 0 Å². The van der Waals surface area contributed by atoms with Gasteiger partial charge in [0.15, 0.2) is 0 Å². The molecule has 0 aromatic heterocycles. The maximum Gasteiger partial charge on any atom is 0.139 e. The highest BCUT2D eigenvalue weighted by Gasteiger charge is 2.22. The quantitative estimate of drug-likeness (QED) is 0.873. The van der Waals surface area contributed by atoms with Crippen molar-refractivity contribution in [1.82, 2.24) is 0 Å². The van der Waals surface area contributed by atoms with Crippen LogP contribution in [0.5, 0.6) is 0 Å². The van der Waals surface area contributed by atoms with Crippen LogP contribution in [-0.2, 0) is 4.84 Å². The molecule has 16 heavy (non-hydrogen) atoms. The fourth-order valence-corrected chi connectivity index (χ4v) is 2.03. The first-order valence-corrected chi connectivity index (χ1v) is 6.12. The lowest BCUT2D eigenvalue weighted by atomic mass is 10.0. The normalized spacial score (nSPS) is 19.1. The Morgan fingerprint density at radius 2 is 2.19 bits per heavy atom. The highest BCUT2D eigenvalue weighted by molar-refractivity contribution is 9.10. The lowest BCUT2D eigenvalue weighted by Crippen LogP contribution is -2.18. The van der Waals surface area contributed by atoms with Gasteiger partial charge in [-0.1, -0.05) is 45.4 Å². The van der Waals surface area contributed by atoms with Crippen LogP contribution in [0.2, 0.25) is 0 Å². The number of benzene rings is 1. The van der Waals surface area contributed by atoms with Crippen LogP contribution >= 0.6 is 28.1 Å². The first kappa shape index (κ1) is 11.5. The Labute approximate surface area is 108 Å². The largest absolute Gasteiger partial charge is 0.393 e. The minimum absolute atomic E-state index is 0.00357. The molecule has 0 fully saturated rings. The number of hydrogen-bond donors (Lipinski definition) is 1. The fourth-order valence-electron chi connectivity index (χ4n) is 1.58. The molecule has 1 aliphatic rings. The molecule has 0 saturated carbocycles. The van der Waals surface area contributed by atoms with E-state index in [1.165, 1.54) is 0 Å². The average molecular weight is 299 g/mol. The number of halogens is 1. The summed E-state index contributed by atoms with van der Waals surface area (Å²) >= 11 is 8.24. The summed E-state index contributed by atoms with van der Waals surface area (Å²) in [6.45, 7) is 0. The second-order valence-corrected chi connectivity index (χ2v) is 5.09. The van der Waals surface area contributed by atoms with Gasteiger partial charge < -0.3 is 10.6 Å². The van der Waals surface area contributed by atoms with E-state index >= 15 is 0 Å². The van der Waals surface area contributed by atoms with E-state index in [1.54, 1.807) is 0 Å². The van der Waals surface area contributed by atoms with E-state index in [-0.39, 0.29) is 6.10 Å². The Morgan fingerprint density at radius 1 is 1.50 bits per heavy atom. The SMILES string of the molecule is NC(=S)C[C@H]1CC(c2ccc(Br)cc2)=NO1. The average Bonchev–Trinajstić information content (AvgIpc) is 2.66. The molecule has 1 aromatic rings. The molecule has 0 unspecified atom stereocenters. The first-order valence-electron chi connectivity index (χ1n) is 4.92. The van der Waals surface area contributed by atoms with Gasteiger partial charge in [0.2, 0.25) is 0 Å². The maximum atomic E-state index is 5.47. The standard InChI is InChI=1S/C11H11BrN2OS/c12-8-3-1-7(2-4-8)10-5-9(15-14-10)6-11(13)16/h1-4,9H,5-6H2,(H2,13,16)/t9-/m1/s1. The van der Waals surface area contributed by atoms with Gasteiger partial charge in [-0.3, -0.25) is 0 Å². The van der Waals surface area contributed by atoms with Gasteiger partial charge in [0, 0.05) is 17.3 Å². The summed E-state index contributed by atoms with van der Waals surface area (Å²) in [5.41, 5.74) is 7.50. The predicted octanol–water partition coefficient (Wildman–Crippen LogP) is 2.62. The van der Waals surface area contributed by atoms with E-state index in [0.29, 0.717) is 11.4 Å². The third-order valence-corrected chi connectivity index (χ3v) is 3.03. The molecule has 84 valence electrons. The molecule has 0 amide bonds. The number of nitrogens with two attached hydrogens (primary N) is 1. The van der Waals surface area contributed by atoms with E-state index in [9.17, 15) is 0 Å². The Morgan fingerprint density at radius 3 is 2.81 bits per heavy atom. The van der Waals surface area contributed by atoms with Gasteiger partial charge in [-0.25, -0.2) is 0 Å². The molecule has 1 aromatic carbocycles. The Bertz CT molecular complexity index is 430. The zero-order valence-corrected chi connectivity index (χ0v) is 10.9. The van der Waals surface area contributed by atoms with Crippen molar-refractivity contribution >= 4 is 38.8 Å². The zero-order chi connectivity index (χ0) is 11.5. The summed E-state index contributed by atoms with van der Waals surface area (Å²) in [5.74, 6) is 0. The molecular weight excluding hydrogens is 288 g/mol. The molecule has 2 N–H and O–H groups in total. The van der Waals surface area contributed by atoms with Crippen LogP contribution in [-0.4, -0.2) is 16.8 Å². The summed E-state index contributed by atoms with van der Waals surface area (Å²) in [6, 6.07) is 7.99. The van der Waals surface area contributed by atoms with E-state index in [0.717, 1.165) is 22.2 Å². The molecule has 0 saturated heterocycles. The zero-order valence-electron chi connectivity index (χ0n) is 8.52. The molecule has 2 rings (SSSR count). The van der Waals surface area contributed by atoms with Gasteiger partial charge in [-0.15, -0.1) is 0 Å². The van der Waals surface area contributed by atoms with Gasteiger partial charge in [0.1, 0.15) is 6.10 Å². The van der Waals surface area contributed by atoms with Crippen molar-refractivity contribution in [3.63, 3.8) is 0 Å². The monoisotopic (exact) mass is 298 g/mol. The Hall–Kier alpha value is -0.940. The Kier molecular flexibility index (Phi) is 3.56. The van der Waals surface area contributed by atoms with E-state index in [4.69, 9.17) is 22.8 Å². The van der Waals surface area contributed by atoms with E-state index in [1.807, 2.05) is 24.3 Å². The molecule has 0 aliphatic carbocycles. The molecular formula is C11H11BrN2OS. The summed E-state index contributed by atoms with van der Waals surface area (Å²) in [4.78, 5) is 5.74. The summed E-state index contributed by atoms with van der Waals surface area (Å²) in [6.07, 6.45) is 1.34.